The van der Waals surface area contributed by atoms with Gasteiger partial charge in [-0.05, 0) is 42.3 Å². The summed E-state index contributed by atoms with van der Waals surface area (Å²) < 4.78 is 7.24. The van der Waals surface area contributed by atoms with Crippen LogP contribution in [-0.2, 0) is 17.9 Å². The Balaban J connectivity index is 1.34. The number of pyridine rings is 1. The third-order valence-electron chi connectivity index (χ3n) is 6.54. The quantitative estimate of drug-likeness (QED) is 0.341. The summed E-state index contributed by atoms with van der Waals surface area (Å²) in [5.41, 5.74) is 4.31. The van der Waals surface area contributed by atoms with E-state index in [1.165, 1.54) is 0 Å². The molecule has 37 heavy (non-hydrogen) atoms. The van der Waals surface area contributed by atoms with E-state index in [0.717, 1.165) is 29.9 Å². The average Bonchev–Trinajstić information content (AvgIpc) is 3.67. The second-order valence-electron chi connectivity index (χ2n) is 9.11. The maximum atomic E-state index is 13.6. The molecule has 2 amide bonds. The van der Waals surface area contributed by atoms with Gasteiger partial charge in [-0.3, -0.25) is 9.59 Å². The van der Waals surface area contributed by atoms with Crippen molar-refractivity contribution in [3.63, 3.8) is 0 Å². The lowest BCUT2D eigenvalue weighted by atomic mass is 10.1. The predicted molar refractivity (Wildman–Crippen MR) is 140 cm³/mol. The Kier molecular flexibility index (Phi) is 5.98. The lowest BCUT2D eigenvalue weighted by Crippen LogP contribution is -2.23. The minimum absolute atomic E-state index is 0.175. The van der Waals surface area contributed by atoms with Crippen LogP contribution in [0.5, 0.6) is 0 Å². The summed E-state index contributed by atoms with van der Waals surface area (Å²) in [4.78, 5) is 32.3. The van der Waals surface area contributed by atoms with E-state index in [4.69, 9.17) is 9.40 Å². The number of hydrogen-bond acceptors (Lipinski definition) is 5. The maximum absolute atomic E-state index is 13.6. The molecule has 0 spiro atoms. The van der Waals surface area contributed by atoms with Crippen LogP contribution < -0.4 is 5.32 Å². The lowest BCUT2D eigenvalue weighted by molar-refractivity contribution is -0.128. The van der Waals surface area contributed by atoms with Crippen LogP contribution >= 0.6 is 0 Å². The first kappa shape index (κ1) is 22.7. The fraction of sp³-hybridized carbons (Fsp3) is 0.172. The van der Waals surface area contributed by atoms with E-state index in [1.54, 1.807) is 23.2 Å². The number of nitrogens with zero attached hydrogens (tertiary/aromatic N) is 4. The number of rotatable bonds is 7. The van der Waals surface area contributed by atoms with Gasteiger partial charge in [0.15, 0.2) is 5.65 Å². The third kappa shape index (κ3) is 4.73. The van der Waals surface area contributed by atoms with Gasteiger partial charge in [-0.25, -0.2) is 9.67 Å². The molecule has 1 N–H and O–H groups in total. The van der Waals surface area contributed by atoms with Crippen LogP contribution in [0.15, 0.2) is 89.7 Å². The van der Waals surface area contributed by atoms with Crippen molar-refractivity contribution in [3.05, 3.63) is 102 Å². The molecule has 1 fully saturated rings. The standard InChI is InChI=1S/C29H25N5O3/c35-27-12-5-13-33(27)18-20-7-4-10-22(15-20)31-29(36)24-16-26(21-8-2-1-3-9-21)32-28-25(24)17-30-34(28)19-23-11-6-14-37-23/h1-4,6-11,14-17H,5,12-13,18-19H2,(H,31,36). The number of hydrogen-bond donors (Lipinski definition) is 1. The highest BCUT2D eigenvalue weighted by Crippen LogP contribution is 2.26. The van der Waals surface area contributed by atoms with Crippen LogP contribution in [0.3, 0.4) is 0 Å². The van der Waals surface area contributed by atoms with E-state index in [9.17, 15) is 9.59 Å². The predicted octanol–water partition coefficient (Wildman–Crippen LogP) is 5.11. The summed E-state index contributed by atoms with van der Waals surface area (Å²) in [7, 11) is 0. The summed E-state index contributed by atoms with van der Waals surface area (Å²) in [6, 6.07) is 22.9. The molecule has 4 heterocycles. The molecule has 184 valence electrons. The second kappa shape index (κ2) is 9.73. The smallest absolute Gasteiger partial charge is 0.256 e. The second-order valence-corrected chi connectivity index (χ2v) is 9.11. The van der Waals surface area contributed by atoms with Crippen LogP contribution in [0.4, 0.5) is 5.69 Å². The number of amides is 2. The Morgan fingerprint density at radius 1 is 1.00 bits per heavy atom. The fourth-order valence-corrected chi connectivity index (χ4v) is 4.70. The first-order chi connectivity index (χ1) is 18.1. The number of carbonyl (C=O) groups excluding carboxylic acids is 2. The van der Waals surface area contributed by atoms with Gasteiger partial charge in [0.2, 0.25) is 5.91 Å². The van der Waals surface area contributed by atoms with Crippen molar-refractivity contribution in [2.75, 3.05) is 11.9 Å². The van der Waals surface area contributed by atoms with E-state index in [0.29, 0.717) is 47.5 Å². The van der Waals surface area contributed by atoms with Gasteiger partial charge in [0.25, 0.3) is 5.91 Å². The van der Waals surface area contributed by atoms with Gasteiger partial charge in [0.1, 0.15) is 12.3 Å². The Labute approximate surface area is 213 Å². The fourth-order valence-electron chi connectivity index (χ4n) is 4.70. The summed E-state index contributed by atoms with van der Waals surface area (Å²) in [5, 5.41) is 8.20. The van der Waals surface area contributed by atoms with Gasteiger partial charge in [-0.2, -0.15) is 5.10 Å². The Hall–Kier alpha value is -4.72. The molecule has 1 aliphatic heterocycles. The lowest BCUT2D eigenvalue weighted by Gasteiger charge is -2.16. The number of likely N-dealkylation sites (tertiary alicyclic amines) is 1. The highest BCUT2D eigenvalue weighted by molar-refractivity contribution is 6.12. The number of fused-ring (bicyclic) bond motifs is 1. The van der Waals surface area contributed by atoms with Gasteiger partial charge >= 0.3 is 0 Å². The molecule has 3 aromatic heterocycles. The van der Waals surface area contributed by atoms with E-state index in [2.05, 4.69) is 10.4 Å². The topological polar surface area (TPSA) is 93.3 Å². The van der Waals surface area contributed by atoms with Crippen molar-refractivity contribution in [3.8, 4) is 11.3 Å². The molecule has 1 saturated heterocycles. The highest BCUT2D eigenvalue weighted by atomic mass is 16.3. The Bertz CT molecular complexity index is 1570. The zero-order valence-electron chi connectivity index (χ0n) is 20.1. The molecule has 8 nitrogen and oxygen atoms in total. The van der Waals surface area contributed by atoms with Crippen molar-refractivity contribution in [1.82, 2.24) is 19.7 Å². The molecule has 0 atom stereocenters. The van der Waals surface area contributed by atoms with E-state index >= 15 is 0 Å². The first-order valence-electron chi connectivity index (χ1n) is 12.3. The Morgan fingerprint density at radius 2 is 1.89 bits per heavy atom. The van der Waals surface area contributed by atoms with Gasteiger partial charge < -0.3 is 14.6 Å². The van der Waals surface area contributed by atoms with Gasteiger partial charge in [-0.1, -0.05) is 42.5 Å². The van der Waals surface area contributed by atoms with Crippen LogP contribution in [0.2, 0.25) is 0 Å². The summed E-state index contributed by atoms with van der Waals surface area (Å²) in [5.74, 6) is 0.668. The van der Waals surface area contributed by atoms with Crippen LogP contribution in [0, 0.1) is 0 Å². The molecule has 0 radical (unpaired) electrons. The van der Waals surface area contributed by atoms with Crippen molar-refractivity contribution in [2.24, 2.45) is 0 Å². The average molecular weight is 492 g/mol. The van der Waals surface area contributed by atoms with Crippen molar-refractivity contribution >= 4 is 28.5 Å². The number of furan rings is 1. The SMILES string of the molecule is O=C(Nc1cccc(CN2CCCC2=O)c1)c1cc(-c2ccccc2)nc2c1cnn2Cc1ccco1. The number of carbonyl (C=O) groups is 2. The summed E-state index contributed by atoms with van der Waals surface area (Å²) in [6.45, 7) is 1.72. The van der Waals surface area contributed by atoms with Gasteiger partial charge in [0, 0.05) is 30.8 Å². The van der Waals surface area contributed by atoms with Crippen molar-refractivity contribution < 1.29 is 14.0 Å². The number of anilines is 1. The molecule has 0 unspecified atom stereocenters. The Morgan fingerprint density at radius 3 is 2.68 bits per heavy atom. The van der Waals surface area contributed by atoms with E-state index in [1.807, 2.05) is 71.6 Å². The number of aromatic nitrogens is 3. The monoisotopic (exact) mass is 491 g/mol. The number of nitrogens with one attached hydrogen (secondary N) is 1. The molecular weight excluding hydrogens is 466 g/mol. The van der Waals surface area contributed by atoms with Crippen LogP contribution in [0.1, 0.15) is 34.5 Å². The normalized spacial score (nSPS) is 13.4. The summed E-state index contributed by atoms with van der Waals surface area (Å²) in [6.07, 6.45) is 4.79. The summed E-state index contributed by atoms with van der Waals surface area (Å²) >= 11 is 0. The number of benzene rings is 2. The largest absolute Gasteiger partial charge is 0.467 e. The van der Waals surface area contributed by atoms with Crippen molar-refractivity contribution in [1.29, 1.82) is 0 Å². The maximum Gasteiger partial charge on any atom is 0.256 e. The van der Waals surface area contributed by atoms with Crippen molar-refractivity contribution in [2.45, 2.75) is 25.9 Å². The molecule has 5 aromatic rings. The minimum atomic E-state index is -0.253. The molecule has 2 aromatic carbocycles. The zero-order valence-corrected chi connectivity index (χ0v) is 20.1. The molecule has 0 bridgehead atoms. The van der Waals surface area contributed by atoms with Crippen LogP contribution in [0.25, 0.3) is 22.3 Å². The van der Waals surface area contributed by atoms with Crippen LogP contribution in [-0.4, -0.2) is 38.0 Å². The molecule has 6 rings (SSSR count). The zero-order chi connectivity index (χ0) is 25.2. The minimum Gasteiger partial charge on any atom is -0.467 e. The first-order valence-corrected chi connectivity index (χ1v) is 12.3. The molecule has 1 aliphatic rings. The van der Waals surface area contributed by atoms with E-state index in [-0.39, 0.29) is 11.8 Å². The highest BCUT2D eigenvalue weighted by Gasteiger charge is 2.21. The molecule has 0 saturated carbocycles. The third-order valence-corrected chi connectivity index (χ3v) is 6.54. The molecular formula is C29H25N5O3. The van der Waals surface area contributed by atoms with Gasteiger partial charge in [0.05, 0.1) is 29.1 Å². The molecule has 0 aliphatic carbocycles. The molecule has 8 heteroatoms. The van der Waals surface area contributed by atoms with E-state index < -0.39 is 0 Å². The van der Waals surface area contributed by atoms with Gasteiger partial charge in [-0.15, -0.1) is 0 Å².